The standard InChI is InChI=1S/C30H41N3O4/c1-19(2)17-30(27(36)37-29(6,7)8)18-22(25(31)34)24(23-11-9-10-16-32-23)33(30)26(35)20-12-14-21(15-13-20)28(3,4)5/h9-16,19,22,24H,17-18H2,1-8H3,(H2,31,34)/t22-,24+,30-/m0/s1. The van der Waals surface area contributed by atoms with Crippen LogP contribution in [0.5, 0.6) is 0 Å². The van der Waals surface area contributed by atoms with Gasteiger partial charge >= 0.3 is 5.97 Å². The summed E-state index contributed by atoms with van der Waals surface area (Å²) in [5.41, 5.74) is 5.69. The van der Waals surface area contributed by atoms with Gasteiger partial charge in [-0.25, -0.2) is 4.79 Å². The number of nitrogens with zero attached hydrogens (tertiary/aromatic N) is 2. The monoisotopic (exact) mass is 507 g/mol. The van der Waals surface area contributed by atoms with Gasteiger partial charge in [0.2, 0.25) is 5.91 Å². The highest BCUT2D eigenvalue weighted by molar-refractivity contribution is 6.00. The van der Waals surface area contributed by atoms with Gasteiger partial charge in [0, 0.05) is 11.8 Å². The van der Waals surface area contributed by atoms with Gasteiger partial charge in [-0.05, 0) is 74.8 Å². The molecule has 0 aliphatic carbocycles. The Morgan fingerprint density at radius 1 is 1.05 bits per heavy atom. The number of primary amides is 1. The van der Waals surface area contributed by atoms with E-state index >= 15 is 0 Å². The van der Waals surface area contributed by atoms with Crippen LogP contribution in [0.1, 0.15) is 95.9 Å². The molecule has 7 heteroatoms. The third-order valence-electron chi connectivity index (χ3n) is 6.78. The molecule has 200 valence electrons. The molecule has 2 aromatic rings. The number of esters is 1. The molecule has 1 saturated heterocycles. The number of likely N-dealkylation sites (tertiary alicyclic amines) is 1. The second-order valence-electron chi connectivity index (χ2n) is 12.5. The van der Waals surface area contributed by atoms with Gasteiger partial charge in [0.05, 0.1) is 17.7 Å². The van der Waals surface area contributed by atoms with Crippen LogP contribution >= 0.6 is 0 Å². The summed E-state index contributed by atoms with van der Waals surface area (Å²) in [4.78, 5) is 47.2. The minimum absolute atomic E-state index is 0.0297. The number of carbonyl (C=O) groups is 3. The summed E-state index contributed by atoms with van der Waals surface area (Å²) in [5.74, 6) is -2.24. The first-order valence-corrected chi connectivity index (χ1v) is 12.9. The van der Waals surface area contributed by atoms with Gasteiger partial charge < -0.3 is 15.4 Å². The molecule has 3 atom stereocenters. The van der Waals surface area contributed by atoms with Crippen molar-refractivity contribution < 1.29 is 19.1 Å². The number of amides is 2. The quantitative estimate of drug-likeness (QED) is 0.542. The van der Waals surface area contributed by atoms with Crippen LogP contribution in [0.4, 0.5) is 0 Å². The molecule has 1 aliphatic heterocycles. The molecule has 1 aromatic carbocycles. The Hall–Kier alpha value is -3.22. The molecular weight excluding hydrogens is 466 g/mol. The van der Waals surface area contributed by atoms with Crippen molar-refractivity contribution in [1.82, 2.24) is 9.88 Å². The minimum Gasteiger partial charge on any atom is -0.458 e. The van der Waals surface area contributed by atoms with E-state index in [0.29, 0.717) is 17.7 Å². The number of aromatic nitrogens is 1. The van der Waals surface area contributed by atoms with Gasteiger partial charge in [0.15, 0.2) is 0 Å². The summed E-state index contributed by atoms with van der Waals surface area (Å²) in [6.45, 7) is 15.7. The van der Waals surface area contributed by atoms with Crippen LogP contribution in [0.2, 0.25) is 0 Å². The zero-order chi connectivity index (χ0) is 27.8. The molecule has 0 radical (unpaired) electrons. The highest BCUT2D eigenvalue weighted by Gasteiger charge is 2.61. The van der Waals surface area contributed by atoms with Crippen LogP contribution < -0.4 is 5.73 Å². The molecule has 2 heterocycles. The van der Waals surface area contributed by atoms with Crippen molar-refractivity contribution in [3.63, 3.8) is 0 Å². The van der Waals surface area contributed by atoms with E-state index in [0.717, 1.165) is 5.56 Å². The first-order valence-electron chi connectivity index (χ1n) is 12.9. The first-order chi connectivity index (χ1) is 17.1. The Morgan fingerprint density at radius 2 is 1.68 bits per heavy atom. The Labute approximate surface area is 220 Å². The van der Waals surface area contributed by atoms with Crippen LogP contribution in [0.15, 0.2) is 48.7 Å². The Morgan fingerprint density at radius 3 is 2.14 bits per heavy atom. The Balaban J connectivity index is 2.25. The average Bonchev–Trinajstić information content (AvgIpc) is 3.13. The lowest BCUT2D eigenvalue weighted by Gasteiger charge is -2.41. The maximum Gasteiger partial charge on any atom is 0.332 e. The third kappa shape index (κ3) is 6.03. The smallest absolute Gasteiger partial charge is 0.332 e. The molecule has 0 bridgehead atoms. The topological polar surface area (TPSA) is 103 Å². The fourth-order valence-corrected chi connectivity index (χ4v) is 5.23. The van der Waals surface area contributed by atoms with E-state index in [1.54, 1.807) is 62.2 Å². The van der Waals surface area contributed by atoms with E-state index in [2.05, 4.69) is 25.8 Å². The summed E-state index contributed by atoms with van der Waals surface area (Å²) in [7, 11) is 0. The molecule has 2 N–H and O–H groups in total. The second kappa shape index (κ2) is 10.3. The predicted molar refractivity (Wildman–Crippen MR) is 144 cm³/mol. The maximum absolute atomic E-state index is 14.4. The first kappa shape index (κ1) is 28.4. The number of hydrogen-bond acceptors (Lipinski definition) is 5. The number of benzene rings is 1. The lowest BCUT2D eigenvalue weighted by Crippen LogP contribution is -2.56. The number of hydrogen-bond donors (Lipinski definition) is 1. The molecule has 1 aliphatic rings. The van der Waals surface area contributed by atoms with Gasteiger partial charge in [-0.2, -0.15) is 0 Å². The highest BCUT2D eigenvalue weighted by atomic mass is 16.6. The fraction of sp³-hybridized carbons (Fsp3) is 0.533. The average molecular weight is 508 g/mol. The van der Waals surface area contributed by atoms with Crippen LogP contribution in [0, 0.1) is 11.8 Å². The van der Waals surface area contributed by atoms with Crippen molar-refractivity contribution in [1.29, 1.82) is 0 Å². The summed E-state index contributed by atoms with van der Waals surface area (Å²) < 4.78 is 5.91. The number of nitrogens with two attached hydrogens (primary N) is 1. The van der Waals surface area contributed by atoms with E-state index < -0.39 is 35.0 Å². The molecule has 3 rings (SSSR count). The second-order valence-corrected chi connectivity index (χ2v) is 12.5. The summed E-state index contributed by atoms with van der Waals surface area (Å²) in [6.07, 6.45) is 2.01. The Kier molecular flexibility index (Phi) is 7.87. The number of pyridine rings is 1. The van der Waals surface area contributed by atoms with Crippen molar-refractivity contribution in [2.24, 2.45) is 17.6 Å². The summed E-state index contributed by atoms with van der Waals surface area (Å²) in [5, 5.41) is 0. The van der Waals surface area contributed by atoms with Gasteiger partial charge in [0.25, 0.3) is 5.91 Å². The van der Waals surface area contributed by atoms with E-state index in [-0.39, 0.29) is 23.7 Å². The van der Waals surface area contributed by atoms with Gasteiger partial charge in [-0.3, -0.25) is 14.6 Å². The van der Waals surface area contributed by atoms with E-state index in [1.807, 2.05) is 26.0 Å². The molecule has 2 amide bonds. The molecule has 1 aromatic heterocycles. The third-order valence-corrected chi connectivity index (χ3v) is 6.78. The zero-order valence-electron chi connectivity index (χ0n) is 23.4. The number of carbonyl (C=O) groups excluding carboxylic acids is 3. The van der Waals surface area contributed by atoms with Crippen LogP contribution in [-0.2, 0) is 19.7 Å². The van der Waals surface area contributed by atoms with Gasteiger partial charge in [0.1, 0.15) is 11.1 Å². The van der Waals surface area contributed by atoms with E-state index in [1.165, 1.54) is 0 Å². The number of rotatable bonds is 6. The highest BCUT2D eigenvalue weighted by Crippen LogP contribution is 2.50. The predicted octanol–water partition coefficient (Wildman–Crippen LogP) is 5.19. The van der Waals surface area contributed by atoms with E-state index in [4.69, 9.17) is 10.5 Å². The van der Waals surface area contributed by atoms with Crippen molar-refractivity contribution in [3.05, 3.63) is 65.5 Å². The van der Waals surface area contributed by atoms with Gasteiger partial charge in [-0.15, -0.1) is 0 Å². The molecule has 1 fully saturated rings. The Bertz CT molecular complexity index is 1130. The SMILES string of the molecule is CC(C)C[C@@]1(C(=O)OC(C)(C)C)C[C@H](C(N)=O)[C@H](c2ccccn2)N1C(=O)c1ccc(C(C)(C)C)cc1. The van der Waals surface area contributed by atoms with Crippen LogP contribution in [0.25, 0.3) is 0 Å². The largest absolute Gasteiger partial charge is 0.458 e. The minimum atomic E-state index is -1.39. The fourth-order valence-electron chi connectivity index (χ4n) is 5.23. The van der Waals surface area contributed by atoms with Gasteiger partial charge in [-0.1, -0.05) is 52.8 Å². The summed E-state index contributed by atoms with van der Waals surface area (Å²) in [6, 6.07) is 12.0. The molecule has 0 saturated carbocycles. The van der Waals surface area contributed by atoms with Crippen molar-refractivity contribution in [3.8, 4) is 0 Å². The zero-order valence-corrected chi connectivity index (χ0v) is 23.4. The van der Waals surface area contributed by atoms with Crippen LogP contribution in [0.3, 0.4) is 0 Å². The molecular formula is C30H41N3O4. The van der Waals surface area contributed by atoms with Crippen molar-refractivity contribution >= 4 is 17.8 Å². The van der Waals surface area contributed by atoms with E-state index in [9.17, 15) is 14.4 Å². The lowest BCUT2D eigenvalue weighted by molar-refractivity contribution is -0.168. The van der Waals surface area contributed by atoms with Crippen molar-refractivity contribution in [2.75, 3.05) is 0 Å². The molecule has 7 nitrogen and oxygen atoms in total. The normalized spacial score (nSPS) is 22.2. The summed E-state index contributed by atoms with van der Waals surface area (Å²) >= 11 is 0. The molecule has 0 spiro atoms. The number of ether oxygens (including phenoxy) is 1. The molecule has 0 unspecified atom stereocenters. The molecule has 37 heavy (non-hydrogen) atoms. The van der Waals surface area contributed by atoms with Crippen molar-refractivity contribution in [2.45, 2.75) is 90.8 Å². The van der Waals surface area contributed by atoms with Crippen LogP contribution in [-0.4, -0.2) is 38.8 Å². The maximum atomic E-state index is 14.4. The lowest BCUT2D eigenvalue weighted by atomic mass is 9.83.